The Balaban J connectivity index is 1.77. The van der Waals surface area contributed by atoms with Crippen LogP contribution < -0.4 is 0 Å². The van der Waals surface area contributed by atoms with Gasteiger partial charge in [0.25, 0.3) is 5.91 Å². The minimum absolute atomic E-state index is 0.131. The minimum atomic E-state index is -0.345. The summed E-state index contributed by atoms with van der Waals surface area (Å²) in [6.07, 6.45) is 5.40. The number of carbonyl (C=O) groups excluding carboxylic acids is 1. The summed E-state index contributed by atoms with van der Waals surface area (Å²) in [4.78, 5) is 14.7. The number of hydrogen-bond acceptors (Lipinski definition) is 3. The van der Waals surface area contributed by atoms with Crippen molar-refractivity contribution in [1.82, 2.24) is 9.47 Å². The Morgan fingerprint density at radius 3 is 2.76 bits per heavy atom. The SMILES string of the molecule is C=CCN1C(=O)/C(=C/c2cn(Cc3c(F)cccc3Cl)c3ccccc23)SC1=S. The lowest BCUT2D eigenvalue weighted by Crippen LogP contribution is -2.27. The molecule has 1 saturated heterocycles. The third-order valence-electron chi connectivity index (χ3n) is 4.68. The van der Waals surface area contributed by atoms with Crippen LogP contribution in [0.3, 0.4) is 0 Å². The fourth-order valence-corrected chi connectivity index (χ4v) is 4.79. The fraction of sp³-hybridized carbons (Fsp3) is 0.0909. The molecule has 2 aromatic carbocycles. The molecule has 1 fully saturated rings. The van der Waals surface area contributed by atoms with Gasteiger partial charge in [-0.1, -0.05) is 65.9 Å². The lowest BCUT2D eigenvalue weighted by molar-refractivity contribution is -0.121. The standard InChI is InChI=1S/C22H16ClFN2OS2/c1-2-10-26-21(27)20(29-22(26)28)11-14-12-25(19-9-4-3-6-15(14)19)13-16-17(23)7-5-8-18(16)24/h2-9,11-12H,1,10,13H2/b20-11-. The van der Waals surface area contributed by atoms with Crippen LogP contribution >= 0.6 is 35.6 Å². The number of carbonyl (C=O) groups is 1. The van der Waals surface area contributed by atoms with Gasteiger partial charge in [-0.25, -0.2) is 4.39 Å². The van der Waals surface area contributed by atoms with Gasteiger partial charge in [0, 0.05) is 39.8 Å². The van der Waals surface area contributed by atoms with E-state index in [0.29, 0.717) is 26.4 Å². The number of rotatable bonds is 5. The number of benzene rings is 2. The summed E-state index contributed by atoms with van der Waals surface area (Å²) in [5.74, 6) is -0.476. The highest BCUT2D eigenvalue weighted by atomic mass is 35.5. The van der Waals surface area contributed by atoms with E-state index in [-0.39, 0.29) is 18.3 Å². The summed E-state index contributed by atoms with van der Waals surface area (Å²) in [6.45, 7) is 4.35. The maximum Gasteiger partial charge on any atom is 0.266 e. The first-order valence-corrected chi connectivity index (χ1v) is 10.5. The lowest BCUT2D eigenvalue weighted by Gasteiger charge is -2.10. The zero-order chi connectivity index (χ0) is 20.5. The van der Waals surface area contributed by atoms with Gasteiger partial charge in [0.05, 0.1) is 11.4 Å². The number of thiocarbonyl (C=S) groups is 1. The van der Waals surface area contributed by atoms with E-state index in [1.54, 1.807) is 18.2 Å². The van der Waals surface area contributed by atoms with Gasteiger partial charge < -0.3 is 4.57 Å². The molecular weight excluding hydrogens is 427 g/mol. The summed E-state index contributed by atoms with van der Waals surface area (Å²) < 4.78 is 16.8. The first-order valence-electron chi connectivity index (χ1n) is 8.86. The van der Waals surface area contributed by atoms with E-state index in [1.165, 1.54) is 22.7 Å². The molecule has 3 nitrogen and oxygen atoms in total. The molecule has 2 heterocycles. The molecule has 0 spiro atoms. The molecule has 7 heteroatoms. The first kappa shape index (κ1) is 19.9. The van der Waals surface area contributed by atoms with Crippen molar-refractivity contribution in [2.24, 2.45) is 0 Å². The number of aromatic nitrogens is 1. The highest BCUT2D eigenvalue weighted by Crippen LogP contribution is 2.34. The molecule has 3 aromatic rings. The topological polar surface area (TPSA) is 25.2 Å². The van der Waals surface area contributed by atoms with E-state index >= 15 is 0 Å². The van der Waals surface area contributed by atoms with Gasteiger partial charge in [-0.2, -0.15) is 0 Å². The normalized spacial score (nSPS) is 15.7. The Morgan fingerprint density at radius 2 is 2.00 bits per heavy atom. The number of halogens is 2. The van der Waals surface area contributed by atoms with Crippen LogP contribution in [-0.4, -0.2) is 26.2 Å². The van der Waals surface area contributed by atoms with Crippen molar-refractivity contribution in [3.05, 3.63) is 88.2 Å². The second kappa shape index (κ2) is 8.14. The molecule has 0 aliphatic carbocycles. The predicted molar refractivity (Wildman–Crippen MR) is 123 cm³/mol. The number of nitrogens with zero attached hydrogens (tertiary/aromatic N) is 2. The van der Waals surface area contributed by atoms with E-state index in [4.69, 9.17) is 23.8 Å². The molecule has 4 rings (SSSR count). The van der Waals surface area contributed by atoms with Crippen LogP contribution in [-0.2, 0) is 11.3 Å². The van der Waals surface area contributed by atoms with Crippen LogP contribution in [0.15, 0.2) is 66.2 Å². The molecule has 1 aliphatic heterocycles. The minimum Gasteiger partial charge on any atom is -0.342 e. The molecule has 0 unspecified atom stereocenters. The Labute approximate surface area is 182 Å². The van der Waals surface area contributed by atoms with Gasteiger partial charge in [-0.05, 0) is 24.3 Å². The van der Waals surface area contributed by atoms with E-state index in [0.717, 1.165) is 16.5 Å². The van der Waals surface area contributed by atoms with Crippen molar-refractivity contribution in [2.45, 2.75) is 6.54 Å². The van der Waals surface area contributed by atoms with Crippen LogP contribution in [0.4, 0.5) is 4.39 Å². The number of thioether (sulfide) groups is 1. The molecule has 146 valence electrons. The largest absolute Gasteiger partial charge is 0.342 e. The molecular formula is C22H16ClFN2OS2. The maximum absolute atomic E-state index is 14.3. The van der Waals surface area contributed by atoms with Crippen molar-refractivity contribution in [1.29, 1.82) is 0 Å². The van der Waals surface area contributed by atoms with Crippen molar-refractivity contribution in [2.75, 3.05) is 6.54 Å². The average molecular weight is 443 g/mol. The Bertz CT molecular complexity index is 1160. The van der Waals surface area contributed by atoms with E-state index in [2.05, 4.69) is 6.58 Å². The van der Waals surface area contributed by atoms with Gasteiger partial charge >= 0.3 is 0 Å². The van der Waals surface area contributed by atoms with Crippen LogP contribution in [0.1, 0.15) is 11.1 Å². The van der Waals surface area contributed by atoms with Gasteiger partial charge in [-0.15, -0.1) is 6.58 Å². The summed E-state index contributed by atoms with van der Waals surface area (Å²) in [5.41, 5.74) is 2.23. The fourth-order valence-electron chi connectivity index (χ4n) is 3.30. The second-order valence-electron chi connectivity index (χ2n) is 6.51. The molecule has 0 radical (unpaired) electrons. The molecule has 0 atom stereocenters. The number of amides is 1. The first-order chi connectivity index (χ1) is 14.0. The van der Waals surface area contributed by atoms with Crippen LogP contribution in [0.2, 0.25) is 5.02 Å². The number of fused-ring (bicyclic) bond motifs is 1. The molecule has 29 heavy (non-hydrogen) atoms. The predicted octanol–water partition coefficient (Wildman–Crippen LogP) is 5.87. The second-order valence-corrected chi connectivity index (χ2v) is 8.59. The lowest BCUT2D eigenvalue weighted by atomic mass is 10.1. The zero-order valence-electron chi connectivity index (χ0n) is 15.3. The van der Waals surface area contributed by atoms with Crippen LogP contribution in [0.5, 0.6) is 0 Å². The molecule has 0 bridgehead atoms. The highest BCUT2D eigenvalue weighted by molar-refractivity contribution is 8.26. The van der Waals surface area contributed by atoms with Crippen molar-refractivity contribution < 1.29 is 9.18 Å². The van der Waals surface area contributed by atoms with Gasteiger partial charge in [-0.3, -0.25) is 9.69 Å². The Kier molecular flexibility index (Phi) is 5.58. The molecule has 0 saturated carbocycles. The summed E-state index contributed by atoms with van der Waals surface area (Å²) in [7, 11) is 0. The Morgan fingerprint density at radius 1 is 1.21 bits per heavy atom. The summed E-state index contributed by atoms with van der Waals surface area (Å²) >= 11 is 12.8. The van der Waals surface area contributed by atoms with Gasteiger partial charge in [0.15, 0.2) is 0 Å². The van der Waals surface area contributed by atoms with E-state index in [1.807, 2.05) is 41.1 Å². The van der Waals surface area contributed by atoms with E-state index < -0.39 is 0 Å². The van der Waals surface area contributed by atoms with Gasteiger partial charge in [0.1, 0.15) is 10.1 Å². The third kappa shape index (κ3) is 3.75. The molecule has 1 amide bonds. The molecule has 1 aliphatic rings. The van der Waals surface area contributed by atoms with E-state index in [9.17, 15) is 9.18 Å². The highest BCUT2D eigenvalue weighted by Gasteiger charge is 2.31. The smallest absolute Gasteiger partial charge is 0.266 e. The summed E-state index contributed by atoms with van der Waals surface area (Å²) in [5, 5.41) is 1.35. The Hall–Kier alpha value is -2.41. The number of para-hydroxylation sites is 1. The molecule has 1 aromatic heterocycles. The third-order valence-corrected chi connectivity index (χ3v) is 6.41. The monoisotopic (exact) mass is 442 g/mol. The quantitative estimate of drug-likeness (QED) is 0.281. The number of hydrogen-bond donors (Lipinski definition) is 0. The molecule has 0 N–H and O–H groups in total. The summed E-state index contributed by atoms with van der Waals surface area (Å²) in [6, 6.07) is 12.5. The van der Waals surface area contributed by atoms with Crippen molar-refractivity contribution in [3.63, 3.8) is 0 Å². The average Bonchev–Trinajstić information content (AvgIpc) is 3.18. The van der Waals surface area contributed by atoms with Crippen molar-refractivity contribution >= 4 is 62.8 Å². The van der Waals surface area contributed by atoms with Crippen molar-refractivity contribution in [3.8, 4) is 0 Å². The maximum atomic E-state index is 14.3. The van der Waals surface area contributed by atoms with Crippen LogP contribution in [0, 0.1) is 5.82 Å². The zero-order valence-corrected chi connectivity index (χ0v) is 17.7. The van der Waals surface area contributed by atoms with Crippen LogP contribution in [0.25, 0.3) is 17.0 Å². The van der Waals surface area contributed by atoms with Gasteiger partial charge in [0.2, 0.25) is 0 Å².